The number of H-pyrrole nitrogens is 2. The van der Waals surface area contributed by atoms with Gasteiger partial charge in [-0.3, -0.25) is 4.90 Å². The Morgan fingerprint density at radius 3 is 2.70 bits per heavy atom. The number of nitrogens with one attached hydrogen (secondary N) is 2. The highest BCUT2D eigenvalue weighted by Crippen LogP contribution is 2.35. The maximum atomic E-state index is 13.5. The van der Waals surface area contributed by atoms with E-state index in [1.54, 1.807) is 13.0 Å². The third-order valence-electron chi connectivity index (χ3n) is 6.22. The maximum absolute atomic E-state index is 13.5. The summed E-state index contributed by atoms with van der Waals surface area (Å²) in [5, 5.41) is 12.6. The molecule has 0 aliphatic carbocycles. The van der Waals surface area contributed by atoms with E-state index in [1.807, 2.05) is 42.7 Å². The van der Waals surface area contributed by atoms with Crippen molar-refractivity contribution in [3.63, 3.8) is 0 Å². The molecule has 3 heterocycles. The van der Waals surface area contributed by atoms with Gasteiger partial charge < -0.3 is 19.8 Å². The molecule has 1 saturated heterocycles. The molecule has 0 amide bonds. The van der Waals surface area contributed by atoms with Crippen molar-refractivity contribution in [2.24, 2.45) is 0 Å². The van der Waals surface area contributed by atoms with Crippen LogP contribution in [0.25, 0.3) is 21.8 Å². The Morgan fingerprint density at radius 1 is 1.07 bits per heavy atom. The molecule has 3 N–H and O–H groups in total. The average Bonchev–Trinajstić information content (AvgIpc) is 3.39. The van der Waals surface area contributed by atoms with Crippen LogP contribution in [-0.2, 0) is 0 Å². The third-order valence-corrected chi connectivity index (χ3v) is 6.22. The summed E-state index contributed by atoms with van der Waals surface area (Å²) in [7, 11) is 0. The molecular formula is C24H26FN3O2. The molecule has 2 aromatic heterocycles. The number of piperidine rings is 1. The summed E-state index contributed by atoms with van der Waals surface area (Å²) in [4.78, 5) is 8.63. The van der Waals surface area contributed by atoms with E-state index in [4.69, 9.17) is 4.74 Å². The molecule has 1 aliphatic heterocycles. The van der Waals surface area contributed by atoms with Crippen molar-refractivity contribution in [3.8, 4) is 5.75 Å². The van der Waals surface area contributed by atoms with Crippen molar-refractivity contribution in [2.45, 2.75) is 38.0 Å². The van der Waals surface area contributed by atoms with Gasteiger partial charge in [-0.2, -0.15) is 0 Å². The number of likely N-dealkylation sites (tertiary alicyclic amines) is 1. The van der Waals surface area contributed by atoms with Gasteiger partial charge in [-0.25, -0.2) is 4.39 Å². The Morgan fingerprint density at radius 2 is 1.90 bits per heavy atom. The molecule has 156 valence electrons. The second kappa shape index (κ2) is 7.78. The summed E-state index contributed by atoms with van der Waals surface area (Å²) in [5.74, 6) is 0.962. The standard InChI is InChI=1S/C24H26FN3O2/c1-15(29)24(30-23-4-2-3-21-19(23)7-10-26-21)28-11-8-16(9-12-28)20-14-27-22-13-17(25)5-6-18(20)22/h2-7,10,13-16,24,26-27,29H,8-9,11-12H2,1H3. The van der Waals surface area contributed by atoms with Crippen molar-refractivity contribution in [2.75, 3.05) is 13.1 Å². The van der Waals surface area contributed by atoms with Gasteiger partial charge in [0.05, 0.1) is 0 Å². The maximum Gasteiger partial charge on any atom is 0.178 e. The van der Waals surface area contributed by atoms with Crippen LogP contribution in [-0.4, -0.2) is 45.4 Å². The Labute approximate surface area is 174 Å². The van der Waals surface area contributed by atoms with E-state index in [1.165, 1.54) is 11.6 Å². The number of aromatic nitrogens is 2. The number of halogens is 1. The van der Waals surface area contributed by atoms with Crippen molar-refractivity contribution in [1.82, 2.24) is 14.9 Å². The molecular weight excluding hydrogens is 381 g/mol. The monoisotopic (exact) mass is 407 g/mol. The first-order valence-corrected chi connectivity index (χ1v) is 10.5. The number of aromatic amines is 2. The van der Waals surface area contributed by atoms with Gasteiger partial charge in [-0.1, -0.05) is 6.07 Å². The van der Waals surface area contributed by atoms with E-state index in [0.29, 0.717) is 5.92 Å². The van der Waals surface area contributed by atoms with E-state index in [0.717, 1.165) is 53.5 Å². The fourth-order valence-electron chi connectivity index (χ4n) is 4.69. The van der Waals surface area contributed by atoms with Gasteiger partial charge in [0.1, 0.15) is 17.7 Å². The highest BCUT2D eigenvalue weighted by Gasteiger charge is 2.31. The van der Waals surface area contributed by atoms with Gasteiger partial charge in [0.15, 0.2) is 6.23 Å². The molecule has 0 saturated carbocycles. The first-order chi connectivity index (χ1) is 14.6. The number of aliphatic hydroxyl groups is 1. The summed E-state index contributed by atoms with van der Waals surface area (Å²) in [6.45, 7) is 3.44. The first-order valence-electron chi connectivity index (χ1n) is 10.5. The van der Waals surface area contributed by atoms with Crippen LogP contribution >= 0.6 is 0 Å². The van der Waals surface area contributed by atoms with Crippen LogP contribution in [0, 0.1) is 5.82 Å². The summed E-state index contributed by atoms with van der Waals surface area (Å²) in [6.07, 6.45) is 4.82. The van der Waals surface area contributed by atoms with Crippen LogP contribution in [0.2, 0.25) is 0 Å². The minimum absolute atomic E-state index is 0.222. The van der Waals surface area contributed by atoms with E-state index >= 15 is 0 Å². The molecule has 1 aliphatic rings. The van der Waals surface area contributed by atoms with Gasteiger partial charge in [0.2, 0.25) is 0 Å². The Hall–Kier alpha value is -2.83. The third kappa shape index (κ3) is 3.46. The molecule has 2 atom stereocenters. The lowest BCUT2D eigenvalue weighted by Crippen LogP contribution is -2.49. The number of aliphatic hydroxyl groups excluding tert-OH is 1. The second-order valence-electron chi connectivity index (χ2n) is 8.19. The molecule has 2 unspecified atom stereocenters. The smallest absolute Gasteiger partial charge is 0.178 e. The number of hydrogen-bond acceptors (Lipinski definition) is 3. The zero-order valence-electron chi connectivity index (χ0n) is 16.9. The van der Waals surface area contributed by atoms with Crippen LogP contribution in [0.15, 0.2) is 54.9 Å². The number of fused-ring (bicyclic) bond motifs is 2. The zero-order chi connectivity index (χ0) is 20.7. The van der Waals surface area contributed by atoms with Crippen molar-refractivity contribution in [3.05, 3.63) is 66.2 Å². The van der Waals surface area contributed by atoms with Crippen LogP contribution < -0.4 is 4.74 Å². The van der Waals surface area contributed by atoms with Gasteiger partial charge in [0.25, 0.3) is 0 Å². The lowest BCUT2D eigenvalue weighted by Gasteiger charge is -2.38. The fraction of sp³-hybridized carbons (Fsp3) is 0.333. The Kier molecular flexibility index (Phi) is 4.97. The SMILES string of the molecule is CC(O)C(Oc1cccc2[nH]ccc12)N1CCC(c2c[nH]c3cc(F)ccc23)CC1. The van der Waals surface area contributed by atoms with Gasteiger partial charge in [0, 0.05) is 47.3 Å². The Bertz CT molecular complexity index is 1160. The van der Waals surface area contributed by atoms with E-state index in [9.17, 15) is 9.50 Å². The predicted molar refractivity (Wildman–Crippen MR) is 116 cm³/mol. The number of nitrogens with zero attached hydrogens (tertiary/aromatic N) is 1. The molecule has 30 heavy (non-hydrogen) atoms. The van der Waals surface area contributed by atoms with Gasteiger partial charge in [-0.15, -0.1) is 0 Å². The average molecular weight is 407 g/mol. The van der Waals surface area contributed by atoms with E-state index in [-0.39, 0.29) is 5.82 Å². The molecule has 6 heteroatoms. The Balaban J connectivity index is 1.32. The lowest BCUT2D eigenvalue weighted by atomic mass is 9.89. The predicted octanol–water partition coefficient (Wildman–Crippen LogP) is 4.75. The number of ether oxygens (including phenoxy) is 1. The normalized spacial score (nSPS) is 18.1. The van der Waals surface area contributed by atoms with Crippen LogP contribution in [0.1, 0.15) is 31.2 Å². The van der Waals surface area contributed by atoms with Gasteiger partial charge in [-0.05, 0) is 67.6 Å². The second-order valence-corrected chi connectivity index (χ2v) is 8.19. The topological polar surface area (TPSA) is 64.3 Å². The molecule has 5 rings (SSSR count). The summed E-state index contributed by atoms with van der Waals surface area (Å²) < 4.78 is 19.8. The zero-order valence-corrected chi connectivity index (χ0v) is 16.9. The van der Waals surface area contributed by atoms with Crippen molar-refractivity contribution < 1.29 is 14.2 Å². The first kappa shape index (κ1) is 19.2. The van der Waals surface area contributed by atoms with Crippen molar-refractivity contribution in [1.29, 1.82) is 0 Å². The fourth-order valence-corrected chi connectivity index (χ4v) is 4.69. The minimum atomic E-state index is -0.619. The van der Waals surface area contributed by atoms with Crippen LogP contribution in [0.3, 0.4) is 0 Å². The highest BCUT2D eigenvalue weighted by molar-refractivity contribution is 5.85. The molecule has 0 bridgehead atoms. The summed E-state index contributed by atoms with van der Waals surface area (Å²) in [6, 6.07) is 12.8. The molecule has 4 aromatic rings. The number of benzene rings is 2. The molecule has 0 spiro atoms. The molecule has 0 radical (unpaired) electrons. The molecule has 1 fully saturated rings. The summed E-state index contributed by atoms with van der Waals surface area (Å²) >= 11 is 0. The summed E-state index contributed by atoms with van der Waals surface area (Å²) in [5.41, 5.74) is 3.11. The van der Waals surface area contributed by atoms with Crippen molar-refractivity contribution >= 4 is 21.8 Å². The number of rotatable bonds is 5. The lowest BCUT2D eigenvalue weighted by molar-refractivity contribution is -0.0663. The van der Waals surface area contributed by atoms with E-state index < -0.39 is 12.3 Å². The quantitative estimate of drug-likeness (QED) is 0.447. The van der Waals surface area contributed by atoms with Crippen LogP contribution in [0.4, 0.5) is 4.39 Å². The van der Waals surface area contributed by atoms with Crippen LogP contribution in [0.5, 0.6) is 5.75 Å². The highest BCUT2D eigenvalue weighted by atomic mass is 19.1. The molecule has 5 nitrogen and oxygen atoms in total. The molecule has 2 aromatic carbocycles. The minimum Gasteiger partial charge on any atom is -0.472 e. The number of hydrogen-bond donors (Lipinski definition) is 3. The van der Waals surface area contributed by atoms with E-state index in [2.05, 4.69) is 14.9 Å². The van der Waals surface area contributed by atoms with Gasteiger partial charge >= 0.3 is 0 Å². The largest absolute Gasteiger partial charge is 0.472 e.